The number of carbonyl (C=O) groups excluding carboxylic acids is 2. The van der Waals surface area contributed by atoms with Gasteiger partial charge in [0.15, 0.2) is 5.13 Å². The lowest BCUT2D eigenvalue weighted by Gasteiger charge is -2.22. The normalized spacial score (nSPS) is 17.5. The largest absolute Gasteiger partial charge is 0.507 e. The second kappa shape index (κ2) is 8.00. The molecule has 2 heterocycles. The number of aliphatic hydroxyl groups is 1. The molecule has 1 aliphatic rings. The zero-order valence-corrected chi connectivity index (χ0v) is 16.8. The summed E-state index contributed by atoms with van der Waals surface area (Å²) in [7, 11) is 0. The van der Waals surface area contributed by atoms with Crippen LogP contribution in [0.3, 0.4) is 0 Å². The molecule has 12 heteroatoms. The summed E-state index contributed by atoms with van der Waals surface area (Å²) in [4.78, 5) is 51.7. The average molecular weight is 452 g/mol. The number of hydrogen-bond donors (Lipinski definition) is 1. The third-order valence-corrected chi connectivity index (χ3v) is 5.61. The van der Waals surface area contributed by atoms with Gasteiger partial charge >= 0.3 is 5.91 Å². The SMILES string of the molecule is O=C1C(=O)N(c2nccs2)[C@H](c2ccc([N+](=O)[O-])cc2)/C1=C(\O)c1ccc([N+](=O)[O-])cc1. The first-order chi connectivity index (χ1) is 15.3. The molecule has 0 saturated carbocycles. The van der Waals surface area contributed by atoms with Crippen molar-refractivity contribution in [2.24, 2.45) is 0 Å². The van der Waals surface area contributed by atoms with Crippen LogP contribution in [0.4, 0.5) is 16.5 Å². The highest BCUT2D eigenvalue weighted by atomic mass is 32.1. The monoisotopic (exact) mass is 452 g/mol. The van der Waals surface area contributed by atoms with Crippen LogP contribution < -0.4 is 4.90 Å². The highest BCUT2D eigenvalue weighted by Crippen LogP contribution is 2.43. The Bertz CT molecular complexity index is 1270. The molecule has 1 aliphatic heterocycles. The van der Waals surface area contributed by atoms with E-state index in [1.807, 2.05) is 0 Å². The van der Waals surface area contributed by atoms with Gasteiger partial charge in [-0.1, -0.05) is 0 Å². The maximum atomic E-state index is 12.9. The topological polar surface area (TPSA) is 157 Å². The van der Waals surface area contributed by atoms with Crippen molar-refractivity contribution in [1.29, 1.82) is 0 Å². The molecule has 0 unspecified atom stereocenters. The predicted molar refractivity (Wildman–Crippen MR) is 113 cm³/mol. The number of anilines is 1. The van der Waals surface area contributed by atoms with E-state index >= 15 is 0 Å². The minimum atomic E-state index is -1.10. The number of carbonyl (C=O) groups is 2. The van der Waals surface area contributed by atoms with Gasteiger partial charge in [-0.25, -0.2) is 4.98 Å². The fourth-order valence-electron chi connectivity index (χ4n) is 3.35. The minimum Gasteiger partial charge on any atom is -0.507 e. The summed E-state index contributed by atoms with van der Waals surface area (Å²) in [6.07, 6.45) is 1.45. The number of Topliss-reactive ketones (excluding diaryl/α,β-unsaturated/α-hetero) is 1. The maximum absolute atomic E-state index is 12.9. The molecule has 0 aliphatic carbocycles. The molecule has 1 aromatic heterocycles. The molecule has 32 heavy (non-hydrogen) atoms. The van der Waals surface area contributed by atoms with E-state index in [2.05, 4.69) is 4.98 Å². The summed E-state index contributed by atoms with van der Waals surface area (Å²) in [5.74, 6) is -2.42. The molecule has 3 aromatic rings. The maximum Gasteiger partial charge on any atom is 0.301 e. The molecule has 160 valence electrons. The average Bonchev–Trinajstić information content (AvgIpc) is 3.40. The van der Waals surface area contributed by atoms with Crippen molar-refractivity contribution in [3.8, 4) is 0 Å². The number of hydrogen-bond acceptors (Lipinski definition) is 9. The number of ketones is 1. The number of nitro benzene ring substituents is 2. The van der Waals surface area contributed by atoms with E-state index in [1.165, 1.54) is 42.6 Å². The number of benzene rings is 2. The summed E-state index contributed by atoms with van der Waals surface area (Å²) in [6, 6.07) is 8.97. The second-order valence-electron chi connectivity index (χ2n) is 6.64. The first kappa shape index (κ1) is 20.8. The number of nitrogens with zero attached hydrogens (tertiary/aromatic N) is 4. The zero-order valence-electron chi connectivity index (χ0n) is 15.9. The molecule has 2 aromatic carbocycles. The van der Waals surface area contributed by atoms with Crippen molar-refractivity contribution >= 4 is 45.3 Å². The van der Waals surface area contributed by atoms with E-state index in [9.17, 15) is 34.9 Å². The van der Waals surface area contributed by atoms with E-state index in [4.69, 9.17) is 0 Å². The Hall–Kier alpha value is -4.45. The lowest BCUT2D eigenvalue weighted by molar-refractivity contribution is -0.385. The fourth-order valence-corrected chi connectivity index (χ4v) is 4.02. The summed E-state index contributed by atoms with van der Waals surface area (Å²) < 4.78 is 0. The van der Waals surface area contributed by atoms with E-state index in [0.717, 1.165) is 28.4 Å². The summed E-state index contributed by atoms with van der Waals surface area (Å²) in [5.41, 5.74) is -0.215. The predicted octanol–water partition coefficient (Wildman–Crippen LogP) is 3.59. The number of thiazole rings is 1. The van der Waals surface area contributed by atoms with Gasteiger partial charge in [-0.2, -0.15) is 0 Å². The van der Waals surface area contributed by atoms with Crippen molar-refractivity contribution in [3.63, 3.8) is 0 Å². The van der Waals surface area contributed by atoms with E-state index in [0.29, 0.717) is 5.56 Å². The van der Waals surface area contributed by atoms with Crippen molar-refractivity contribution in [3.05, 3.63) is 97.0 Å². The standard InChI is InChI=1S/C20H12N4O7S/c25-17(12-3-7-14(8-4-12)24(30)31)15-16(11-1-5-13(6-2-11)23(28)29)22(19(27)18(15)26)20-21-9-10-32-20/h1-10,16,25H/b17-15+/t16-/m1/s1. The second-order valence-corrected chi connectivity index (χ2v) is 7.51. The van der Waals surface area contributed by atoms with Crippen LogP contribution in [-0.4, -0.2) is 31.6 Å². The Balaban J connectivity index is 1.89. The molecule has 1 N–H and O–H groups in total. The number of nitro groups is 2. The summed E-state index contributed by atoms with van der Waals surface area (Å²) in [6.45, 7) is 0. The number of aliphatic hydroxyl groups excluding tert-OH is 1. The number of rotatable bonds is 5. The van der Waals surface area contributed by atoms with E-state index in [1.54, 1.807) is 5.38 Å². The van der Waals surface area contributed by atoms with E-state index < -0.39 is 33.3 Å². The Morgan fingerprint density at radius 1 is 0.969 bits per heavy atom. The first-order valence-corrected chi connectivity index (χ1v) is 9.87. The van der Waals surface area contributed by atoms with Gasteiger partial charge in [-0.3, -0.25) is 34.7 Å². The van der Waals surface area contributed by atoms with Crippen molar-refractivity contribution < 1.29 is 24.5 Å². The summed E-state index contributed by atoms with van der Waals surface area (Å²) in [5, 5.41) is 34.6. The quantitative estimate of drug-likeness (QED) is 0.202. The highest BCUT2D eigenvalue weighted by molar-refractivity contribution is 7.14. The van der Waals surface area contributed by atoms with Gasteiger partial charge in [0.05, 0.1) is 21.5 Å². The van der Waals surface area contributed by atoms with Crippen molar-refractivity contribution in [2.45, 2.75) is 6.04 Å². The Morgan fingerprint density at radius 3 is 2.03 bits per heavy atom. The third-order valence-electron chi connectivity index (χ3n) is 4.84. The number of amides is 1. The zero-order chi connectivity index (χ0) is 23.0. The van der Waals surface area contributed by atoms with Crippen LogP contribution in [0.5, 0.6) is 0 Å². The summed E-state index contributed by atoms with van der Waals surface area (Å²) >= 11 is 1.10. The van der Waals surface area contributed by atoms with Crippen LogP contribution in [0.2, 0.25) is 0 Å². The van der Waals surface area contributed by atoms with E-state index in [-0.39, 0.29) is 27.6 Å². The smallest absolute Gasteiger partial charge is 0.301 e. The molecule has 1 fully saturated rings. The molecular formula is C20H12N4O7S. The minimum absolute atomic E-state index is 0.0969. The number of aromatic nitrogens is 1. The molecule has 11 nitrogen and oxygen atoms in total. The third kappa shape index (κ3) is 3.48. The fraction of sp³-hybridized carbons (Fsp3) is 0.0500. The molecule has 4 rings (SSSR count). The Morgan fingerprint density at radius 2 is 1.53 bits per heavy atom. The molecule has 1 atom stereocenters. The highest BCUT2D eigenvalue weighted by Gasteiger charge is 2.48. The van der Waals surface area contributed by atoms with Crippen LogP contribution in [0.1, 0.15) is 17.2 Å². The van der Waals surface area contributed by atoms with Gasteiger partial charge in [0.1, 0.15) is 5.76 Å². The molecule has 1 amide bonds. The van der Waals surface area contributed by atoms with Crippen LogP contribution >= 0.6 is 11.3 Å². The molecule has 0 spiro atoms. The first-order valence-electron chi connectivity index (χ1n) is 8.99. The molecule has 1 saturated heterocycles. The lowest BCUT2D eigenvalue weighted by atomic mass is 9.95. The van der Waals surface area contributed by atoms with Gasteiger partial charge < -0.3 is 5.11 Å². The Labute approximate surface area is 183 Å². The molecule has 0 radical (unpaired) electrons. The van der Waals surface area contributed by atoms with Crippen LogP contribution in [-0.2, 0) is 9.59 Å². The van der Waals surface area contributed by atoms with Crippen LogP contribution in [0.25, 0.3) is 5.76 Å². The van der Waals surface area contributed by atoms with Crippen LogP contribution in [0, 0.1) is 20.2 Å². The molecule has 0 bridgehead atoms. The van der Waals surface area contributed by atoms with Crippen molar-refractivity contribution in [1.82, 2.24) is 4.98 Å². The van der Waals surface area contributed by atoms with Gasteiger partial charge in [0.25, 0.3) is 17.2 Å². The van der Waals surface area contributed by atoms with Gasteiger partial charge in [-0.15, -0.1) is 11.3 Å². The molecular weight excluding hydrogens is 440 g/mol. The Kier molecular flexibility index (Phi) is 5.20. The lowest BCUT2D eigenvalue weighted by Crippen LogP contribution is -2.29. The van der Waals surface area contributed by atoms with Gasteiger partial charge in [-0.05, 0) is 29.8 Å². The van der Waals surface area contributed by atoms with Crippen LogP contribution in [0.15, 0.2) is 65.7 Å². The van der Waals surface area contributed by atoms with Gasteiger partial charge in [0.2, 0.25) is 0 Å². The van der Waals surface area contributed by atoms with Gasteiger partial charge in [0, 0.05) is 41.4 Å². The van der Waals surface area contributed by atoms with Crippen molar-refractivity contribution in [2.75, 3.05) is 4.90 Å². The number of non-ortho nitro benzene ring substituents is 2.